The number of benzene rings is 2. The van der Waals surface area contributed by atoms with Crippen LogP contribution in [0.15, 0.2) is 47.4 Å². The van der Waals surface area contributed by atoms with Gasteiger partial charge in [0.1, 0.15) is 10.6 Å². The number of methoxy groups -OCH3 is 1. The summed E-state index contributed by atoms with van der Waals surface area (Å²) in [4.78, 5) is 0.0221. The van der Waals surface area contributed by atoms with Crippen LogP contribution in [0.5, 0.6) is 5.75 Å². The zero-order chi connectivity index (χ0) is 14.8. The largest absolute Gasteiger partial charge is 0.495 e. The molecule has 0 saturated heterocycles. The lowest BCUT2D eigenvalue weighted by Gasteiger charge is -2.14. The first-order valence-corrected chi connectivity index (χ1v) is 7.72. The van der Waals surface area contributed by atoms with Crippen LogP contribution in [0.4, 0.5) is 5.69 Å². The number of sulfonamides is 1. The van der Waals surface area contributed by atoms with Gasteiger partial charge in [-0.25, -0.2) is 8.42 Å². The molecule has 0 aliphatic rings. The molecule has 0 atom stereocenters. The molecule has 2 aromatic carbocycles. The van der Waals surface area contributed by atoms with Crippen molar-refractivity contribution >= 4 is 27.3 Å². The van der Waals surface area contributed by atoms with E-state index in [0.29, 0.717) is 16.3 Å². The zero-order valence-corrected chi connectivity index (χ0v) is 12.6. The number of para-hydroxylation sites is 1. The molecule has 6 heteroatoms. The fourth-order valence-corrected chi connectivity index (χ4v) is 3.54. The molecular formula is C14H14ClNO3S. The van der Waals surface area contributed by atoms with Gasteiger partial charge in [0.15, 0.2) is 0 Å². The van der Waals surface area contributed by atoms with Crippen LogP contribution < -0.4 is 9.46 Å². The van der Waals surface area contributed by atoms with Gasteiger partial charge in [0.25, 0.3) is 10.0 Å². The number of hydrogen-bond donors (Lipinski definition) is 1. The smallest absolute Gasteiger partial charge is 0.265 e. The first-order valence-electron chi connectivity index (χ1n) is 5.86. The Labute approximate surface area is 123 Å². The average Bonchev–Trinajstić information content (AvgIpc) is 2.38. The first kappa shape index (κ1) is 14.7. The van der Waals surface area contributed by atoms with Gasteiger partial charge in [0, 0.05) is 10.7 Å². The topological polar surface area (TPSA) is 55.4 Å². The van der Waals surface area contributed by atoms with Gasteiger partial charge in [-0.05, 0) is 36.8 Å². The summed E-state index contributed by atoms with van der Waals surface area (Å²) in [6.07, 6.45) is 0. The second-order valence-electron chi connectivity index (χ2n) is 4.23. The molecule has 106 valence electrons. The Balaban J connectivity index is 2.49. The van der Waals surface area contributed by atoms with Gasteiger partial charge < -0.3 is 4.74 Å². The van der Waals surface area contributed by atoms with Crippen molar-refractivity contribution in [3.63, 3.8) is 0 Å². The standard InChI is InChI=1S/C14H14ClNO3S/c1-10-8-11(15)9-13(14(10)19-2)20(17,18)16-12-6-4-3-5-7-12/h3-9,16H,1-2H3. The molecule has 4 nitrogen and oxygen atoms in total. The number of anilines is 1. The van der Waals surface area contributed by atoms with E-state index in [4.69, 9.17) is 16.3 Å². The summed E-state index contributed by atoms with van der Waals surface area (Å²) < 4.78 is 32.5. The maximum Gasteiger partial charge on any atom is 0.265 e. The van der Waals surface area contributed by atoms with E-state index in [0.717, 1.165) is 0 Å². The van der Waals surface area contributed by atoms with Crippen molar-refractivity contribution in [3.05, 3.63) is 53.1 Å². The van der Waals surface area contributed by atoms with Crippen LogP contribution in [0, 0.1) is 6.92 Å². The van der Waals surface area contributed by atoms with E-state index in [1.807, 2.05) is 6.07 Å². The number of nitrogens with one attached hydrogen (secondary N) is 1. The van der Waals surface area contributed by atoms with Gasteiger partial charge in [-0.15, -0.1) is 0 Å². The second-order valence-corrected chi connectivity index (χ2v) is 6.31. The third kappa shape index (κ3) is 3.05. The molecule has 0 aromatic heterocycles. The third-order valence-electron chi connectivity index (χ3n) is 2.72. The molecule has 0 aliphatic carbocycles. The maximum atomic E-state index is 12.4. The Hall–Kier alpha value is -1.72. The summed E-state index contributed by atoms with van der Waals surface area (Å²) in [7, 11) is -2.33. The highest BCUT2D eigenvalue weighted by molar-refractivity contribution is 7.92. The molecule has 2 rings (SSSR count). The summed E-state index contributed by atoms with van der Waals surface area (Å²) in [6.45, 7) is 1.74. The Morgan fingerprint density at radius 3 is 2.40 bits per heavy atom. The Bertz CT molecular complexity index is 715. The Kier molecular flexibility index (Phi) is 4.20. The van der Waals surface area contributed by atoms with Crippen LogP contribution >= 0.6 is 11.6 Å². The summed E-state index contributed by atoms with van der Waals surface area (Å²) in [5.41, 5.74) is 1.14. The molecule has 1 N–H and O–H groups in total. The average molecular weight is 312 g/mol. The van der Waals surface area contributed by atoms with Crippen molar-refractivity contribution in [1.82, 2.24) is 0 Å². The summed E-state index contributed by atoms with van der Waals surface area (Å²) in [5, 5.41) is 0.344. The van der Waals surface area contributed by atoms with E-state index < -0.39 is 10.0 Å². The monoisotopic (exact) mass is 311 g/mol. The molecule has 0 bridgehead atoms. The number of hydrogen-bond acceptors (Lipinski definition) is 3. The predicted octanol–water partition coefficient (Wildman–Crippen LogP) is 3.46. The van der Waals surface area contributed by atoms with Crippen molar-refractivity contribution in [2.45, 2.75) is 11.8 Å². The molecule has 0 radical (unpaired) electrons. The normalized spacial score (nSPS) is 11.2. The number of aryl methyl sites for hydroxylation is 1. The Morgan fingerprint density at radius 1 is 1.15 bits per heavy atom. The third-order valence-corrected chi connectivity index (χ3v) is 4.33. The van der Waals surface area contributed by atoms with Gasteiger partial charge in [0.05, 0.1) is 7.11 Å². The lowest BCUT2D eigenvalue weighted by molar-refractivity contribution is 0.399. The minimum atomic E-state index is -3.76. The van der Waals surface area contributed by atoms with Gasteiger partial charge in [0.2, 0.25) is 0 Å². The molecule has 0 spiro atoms. The molecule has 0 aliphatic heterocycles. The highest BCUT2D eigenvalue weighted by Crippen LogP contribution is 2.32. The minimum Gasteiger partial charge on any atom is -0.495 e. The van der Waals surface area contributed by atoms with Gasteiger partial charge in [-0.1, -0.05) is 29.8 Å². The molecule has 0 heterocycles. The summed E-state index contributed by atoms with van der Waals surface area (Å²) >= 11 is 5.94. The van der Waals surface area contributed by atoms with E-state index >= 15 is 0 Å². The van der Waals surface area contributed by atoms with Crippen LogP contribution in [0.1, 0.15) is 5.56 Å². The van der Waals surface area contributed by atoms with Crippen LogP contribution in [0.2, 0.25) is 5.02 Å². The molecule has 2 aromatic rings. The highest BCUT2D eigenvalue weighted by Gasteiger charge is 2.22. The van der Waals surface area contributed by atoms with Crippen LogP contribution in [0.3, 0.4) is 0 Å². The van der Waals surface area contributed by atoms with Crippen molar-refractivity contribution < 1.29 is 13.2 Å². The van der Waals surface area contributed by atoms with Gasteiger partial charge in [-0.3, -0.25) is 4.72 Å². The van der Waals surface area contributed by atoms with E-state index in [-0.39, 0.29) is 10.6 Å². The van der Waals surface area contributed by atoms with Crippen LogP contribution in [-0.2, 0) is 10.0 Å². The molecule has 0 saturated carbocycles. The minimum absolute atomic E-state index is 0.0221. The fourth-order valence-electron chi connectivity index (χ4n) is 1.88. The molecule has 0 fully saturated rings. The summed E-state index contributed by atoms with van der Waals surface area (Å²) in [5.74, 6) is 0.290. The van der Waals surface area contributed by atoms with Gasteiger partial charge >= 0.3 is 0 Å². The van der Waals surface area contributed by atoms with E-state index in [1.165, 1.54) is 13.2 Å². The lowest BCUT2D eigenvalue weighted by Crippen LogP contribution is -2.14. The molecule has 0 amide bonds. The molecular weight excluding hydrogens is 298 g/mol. The SMILES string of the molecule is COc1c(C)cc(Cl)cc1S(=O)(=O)Nc1ccccc1. The highest BCUT2D eigenvalue weighted by atomic mass is 35.5. The van der Waals surface area contributed by atoms with Crippen molar-refractivity contribution in [3.8, 4) is 5.75 Å². The van der Waals surface area contributed by atoms with Crippen LogP contribution in [0.25, 0.3) is 0 Å². The predicted molar refractivity (Wildman–Crippen MR) is 80.0 cm³/mol. The number of halogens is 1. The quantitative estimate of drug-likeness (QED) is 0.940. The number of rotatable bonds is 4. The van der Waals surface area contributed by atoms with E-state index in [2.05, 4.69) is 4.72 Å². The van der Waals surface area contributed by atoms with E-state index in [9.17, 15) is 8.42 Å². The Morgan fingerprint density at radius 2 is 1.80 bits per heavy atom. The number of ether oxygens (including phenoxy) is 1. The summed E-state index contributed by atoms with van der Waals surface area (Å²) in [6, 6.07) is 11.7. The lowest BCUT2D eigenvalue weighted by atomic mass is 10.2. The second kappa shape index (κ2) is 5.73. The van der Waals surface area contributed by atoms with Crippen molar-refractivity contribution in [2.75, 3.05) is 11.8 Å². The van der Waals surface area contributed by atoms with Gasteiger partial charge in [-0.2, -0.15) is 0 Å². The van der Waals surface area contributed by atoms with Crippen molar-refractivity contribution in [1.29, 1.82) is 0 Å². The maximum absolute atomic E-state index is 12.4. The van der Waals surface area contributed by atoms with Crippen molar-refractivity contribution in [2.24, 2.45) is 0 Å². The first-order chi connectivity index (χ1) is 9.44. The zero-order valence-electron chi connectivity index (χ0n) is 11.1. The van der Waals surface area contributed by atoms with E-state index in [1.54, 1.807) is 37.3 Å². The fraction of sp³-hybridized carbons (Fsp3) is 0.143. The molecule has 0 unspecified atom stereocenters. The molecule has 20 heavy (non-hydrogen) atoms. The van der Waals surface area contributed by atoms with Crippen LogP contribution in [-0.4, -0.2) is 15.5 Å².